The molecule has 0 heterocycles. The minimum atomic E-state index is 1.04. The summed E-state index contributed by atoms with van der Waals surface area (Å²) in [6.45, 7) is 2.55. The molecule has 0 N–H and O–H groups in total. The lowest BCUT2D eigenvalue weighted by atomic mass is 9.71. The zero-order valence-corrected chi connectivity index (χ0v) is 18.7. The molecule has 27 heavy (non-hydrogen) atoms. The molecule has 4 saturated carbocycles. The van der Waals surface area contributed by atoms with Crippen LogP contribution in [0.15, 0.2) is 0 Å². The highest BCUT2D eigenvalue weighted by atomic mass is 14.3. The fourth-order valence-electron chi connectivity index (χ4n) is 7.02. The predicted molar refractivity (Wildman–Crippen MR) is 120 cm³/mol. The van der Waals surface area contributed by atoms with Gasteiger partial charge in [-0.2, -0.15) is 0 Å². The van der Waals surface area contributed by atoms with Crippen molar-refractivity contribution in [1.29, 1.82) is 0 Å². The highest BCUT2D eigenvalue weighted by Gasteiger charge is 2.27. The van der Waals surface area contributed by atoms with Crippen LogP contribution in [0.4, 0.5) is 0 Å². The van der Waals surface area contributed by atoms with Crippen molar-refractivity contribution in [3.8, 4) is 0 Å². The Morgan fingerprint density at radius 1 is 0.444 bits per heavy atom. The number of hydrogen-bond acceptors (Lipinski definition) is 0. The Labute approximate surface area is 171 Å². The normalized spacial score (nSPS) is 27.3. The molecule has 0 spiro atoms. The number of hydrogen-bond donors (Lipinski definition) is 0. The molecule has 0 saturated heterocycles. The SMILES string of the molecule is C1CCC(CC2CCCCC2)CC1.CC(C1CCCCC1)C1CCCCC1. The predicted octanol–water partition coefficient (Wildman–Crippen LogP) is 9.32. The van der Waals surface area contributed by atoms with Crippen molar-refractivity contribution < 1.29 is 0 Å². The standard InChI is InChI=1S/C14H26.C13H24/c1-12(13-8-4-2-5-9-13)14-10-6-3-7-11-14;1-3-7-12(8-4-1)11-13-9-5-2-6-10-13/h12-14H,2-11H2,1H3;12-13H,1-11H2. The molecular formula is C27H50. The van der Waals surface area contributed by atoms with Gasteiger partial charge in [0.1, 0.15) is 0 Å². The third-order valence-corrected chi connectivity index (χ3v) is 8.90. The van der Waals surface area contributed by atoms with Crippen LogP contribution in [0.3, 0.4) is 0 Å². The van der Waals surface area contributed by atoms with Crippen LogP contribution in [0, 0.1) is 29.6 Å². The lowest BCUT2D eigenvalue weighted by molar-refractivity contribution is 0.159. The molecule has 0 unspecified atom stereocenters. The minimum absolute atomic E-state index is 1.04. The second-order valence-corrected chi connectivity index (χ2v) is 10.9. The van der Waals surface area contributed by atoms with Gasteiger partial charge in [-0.1, -0.05) is 135 Å². The lowest BCUT2D eigenvalue weighted by Crippen LogP contribution is -2.24. The van der Waals surface area contributed by atoms with Crippen molar-refractivity contribution in [3.05, 3.63) is 0 Å². The summed E-state index contributed by atoms with van der Waals surface area (Å²) in [5.74, 6) is 5.46. The van der Waals surface area contributed by atoms with Crippen LogP contribution in [0.1, 0.15) is 142 Å². The molecule has 0 atom stereocenters. The quantitative estimate of drug-likeness (QED) is 0.459. The average Bonchev–Trinajstić information content (AvgIpc) is 2.76. The van der Waals surface area contributed by atoms with Crippen LogP contribution in [-0.4, -0.2) is 0 Å². The molecule has 0 amide bonds. The van der Waals surface area contributed by atoms with Gasteiger partial charge in [0, 0.05) is 0 Å². The maximum absolute atomic E-state index is 2.55. The molecular weight excluding hydrogens is 324 g/mol. The molecule has 4 aliphatic carbocycles. The maximum Gasteiger partial charge on any atom is -0.0386 e. The van der Waals surface area contributed by atoms with Gasteiger partial charge in [0.25, 0.3) is 0 Å². The third-order valence-electron chi connectivity index (χ3n) is 8.90. The van der Waals surface area contributed by atoms with Crippen LogP contribution in [0.2, 0.25) is 0 Å². The van der Waals surface area contributed by atoms with Crippen molar-refractivity contribution in [2.24, 2.45) is 29.6 Å². The Kier molecular flexibility index (Phi) is 10.1. The largest absolute Gasteiger partial charge is 0.0620 e. The molecule has 4 rings (SSSR count). The van der Waals surface area contributed by atoms with Crippen LogP contribution in [0.5, 0.6) is 0 Å². The lowest BCUT2D eigenvalue weighted by Gasteiger charge is -2.35. The van der Waals surface area contributed by atoms with Crippen molar-refractivity contribution >= 4 is 0 Å². The van der Waals surface area contributed by atoms with E-state index in [0.717, 1.165) is 29.6 Å². The fourth-order valence-corrected chi connectivity index (χ4v) is 7.02. The van der Waals surface area contributed by atoms with Crippen molar-refractivity contribution in [1.82, 2.24) is 0 Å². The summed E-state index contributed by atoms with van der Waals surface area (Å²) in [7, 11) is 0. The smallest absolute Gasteiger partial charge is 0.0386 e. The summed E-state index contributed by atoms with van der Waals surface area (Å²) in [5, 5.41) is 0. The molecule has 0 aliphatic heterocycles. The molecule has 4 fully saturated rings. The van der Waals surface area contributed by atoms with E-state index in [2.05, 4.69) is 6.92 Å². The molecule has 0 heteroatoms. The Bertz CT molecular complexity index is 314. The summed E-state index contributed by atoms with van der Waals surface area (Å²) in [6, 6.07) is 0. The highest BCUT2D eigenvalue weighted by Crippen LogP contribution is 2.39. The second-order valence-electron chi connectivity index (χ2n) is 10.9. The highest BCUT2D eigenvalue weighted by molar-refractivity contribution is 4.79. The summed E-state index contributed by atoms with van der Waals surface area (Å²) < 4.78 is 0. The zero-order chi connectivity index (χ0) is 18.7. The van der Waals surface area contributed by atoms with E-state index in [1.165, 1.54) is 103 Å². The second kappa shape index (κ2) is 12.5. The molecule has 0 aromatic carbocycles. The first kappa shape index (κ1) is 21.7. The summed E-state index contributed by atoms with van der Waals surface area (Å²) >= 11 is 0. The first-order chi connectivity index (χ1) is 13.3. The molecule has 0 radical (unpaired) electrons. The third kappa shape index (κ3) is 7.74. The summed E-state index contributed by atoms with van der Waals surface area (Å²) in [6.07, 6.45) is 32.2. The average molecular weight is 375 g/mol. The van der Waals surface area contributed by atoms with E-state index in [-0.39, 0.29) is 0 Å². The van der Waals surface area contributed by atoms with Crippen molar-refractivity contribution in [2.45, 2.75) is 142 Å². The van der Waals surface area contributed by atoms with E-state index in [0.29, 0.717) is 0 Å². The van der Waals surface area contributed by atoms with Crippen LogP contribution >= 0.6 is 0 Å². The van der Waals surface area contributed by atoms with Gasteiger partial charge in [0.05, 0.1) is 0 Å². The van der Waals surface area contributed by atoms with E-state index in [9.17, 15) is 0 Å². The fraction of sp³-hybridized carbons (Fsp3) is 1.00. The van der Waals surface area contributed by atoms with Crippen LogP contribution in [0.25, 0.3) is 0 Å². The van der Waals surface area contributed by atoms with E-state index >= 15 is 0 Å². The molecule has 158 valence electrons. The van der Waals surface area contributed by atoms with Gasteiger partial charge in [-0.15, -0.1) is 0 Å². The monoisotopic (exact) mass is 374 g/mol. The topological polar surface area (TPSA) is 0 Å². The zero-order valence-electron chi connectivity index (χ0n) is 18.7. The van der Waals surface area contributed by atoms with Gasteiger partial charge >= 0.3 is 0 Å². The van der Waals surface area contributed by atoms with Gasteiger partial charge in [0.15, 0.2) is 0 Å². The van der Waals surface area contributed by atoms with E-state index < -0.39 is 0 Å². The minimum Gasteiger partial charge on any atom is -0.0620 e. The van der Waals surface area contributed by atoms with Gasteiger partial charge in [-0.3, -0.25) is 0 Å². The first-order valence-corrected chi connectivity index (χ1v) is 13.3. The van der Waals surface area contributed by atoms with Crippen LogP contribution < -0.4 is 0 Å². The van der Waals surface area contributed by atoms with Crippen molar-refractivity contribution in [2.75, 3.05) is 0 Å². The Hall–Kier alpha value is 0. The van der Waals surface area contributed by atoms with Gasteiger partial charge in [-0.05, 0) is 36.0 Å². The Morgan fingerprint density at radius 2 is 0.741 bits per heavy atom. The summed E-state index contributed by atoms with van der Waals surface area (Å²) in [5.41, 5.74) is 0. The summed E-state index contributed by atoms with van der Waals surface area (Å²) in [4.78, 5) is 0. The van der Waals surface area contributed by atoms with Crippen molar-refractivity contribution in [3.63, 3.8) is 0 Å². The number of rotatable bonds is 4. The molecule has 0 aromatic rings. The molecule has 0 bridgehead atoms. The van der Waals surface area contributed by atoms with Gasteiger partial charge in [0.2, 0.25) is 0 Å². The van der Waals surface area contributed by atoms with E-state index in [1.54, 1.807) is 32.1 Å². The van der Waals surface area contributed by atoms with Crippen LogP contribution in [-0.2, 0) is 0 Å². The molecule has 0 nitrogen and oxygen atoms in total. The molecule has 4 aliphatic rings. The Balaban J connectivity index is 0.000000156. The van der Waals surface area contributed by atoms with Gasteiger partial charge in [-0.25, -0.2) is 0 Å². The van der Waals surface area contributed by atoms with Gasteiger partial charge < -0.3 is 0 Å². The Morgan fingerprint density at radius 3 is 1.07 bits per heavy atom. The first-order valence-electron chi connectivity index (χ1n) is 13.3. The maximum atomic E-state index is 2.55. The van der Waals surface area contributed by atoms with E-state index in [4.69, 9.17) is 0 Å². The molecule has 0 aromatic heterocycles. The van der Waals surface area contributed by atoms with E-state index in [1.807, 2.05) is 0 Å².